The maximum atomic E-state index is 12.5. The Labute approximate surface area is 181 Å². The van der Waals surface area contributed by atoms with Crippen LogP contribution in [0, 0.1) is 0 Å². The molecular weight excluding hydrogens is 382 g/mol. The monoisotopic (exact) mass is 405 g/mol. The Balaban J connectivity index is 1.64. The van der Waals surface area contributed by atoms with Crippen LogP contribution in [0.3, 0.4) is 0 Å². The van der Waals surface area contributed by atoms with Crippen molar-refractivity contribution in [2.75, 3.05) is 11.4 Å². The van der Waals surface area contributed by atoms with E-state index in [0.29, 0.717) is 5.58 Å². The number of anilines is 2. The van der Waals surface area contributed by atoms with Gasteiger partial charge in [-0.05, 0) is 48.1 Å². The lowest BCUT2D eigenvalue weighted by molar-refractivity contribution is 0.560. The van der Waals surface area contributed by atoms with Gasteiger partial charge in [0.1, 0.15) is 5.58 Å². The topological polar surface area (TPSA) is 33.5 Å². The fraction of sp³-hybridized carbons (Fsp3) is 0.107. The summed E-state index contributed by atoms with van der Waals surface area (Å²) in [6, 6.07) is 32.7. The van der Waals surface area contributed by atoms with Gasteiger partial charge in [-0.15, -0.1) is 0 Å². The summed E-state index contributed by atoms with van der Waals surface area (Å²) < 4.78 is 5.62. The second-order valence-corrected chi connectivity index (χ2v) is 7.69. The SMILES string of the molecule is CCN(c1cccc2ccccc12)c1cc(=O)oc2cc(Cc3ccccc3)ccc12. The van der Waals surface area contributed by atoms with Crippen molar-refractivity contribution in [2.45, 2.75) is 13.3 Å². The van der Waals surface area contributed by atoms with Crippen molar-refractivity contribution < 1.29 is 4.42 Å². The molecule has 0 saturated heterocycles. The van der Waals surface area contributed by atoms with Crippen LogP contribution in [0.25, 0.3) is 21.7 Å². The summed E-state index contributed by atoms with van der Waals surface area (Å²) in [5.74, 6) is 0. The summed E-state index contributed by atoms with van der Waals surface area (Å²) in [7, 11) is 0. The van der Waals surface area contributed by atoms with Crippen molar-refractivity contribution in [1.82, 2.24) is 0 Å². The zero-order valence-electron chi connectivity index (χ0n) is 17.4. The lowest BCUT2D eigenvalue weighted by atomic mass is 10.0. The lowest BCUT2D eigenvalue weighted by Gasteiger charge is -2.26. The molecule has 152 valence electrons. The van der Waals surface area contributed by atoms with Crippen LogP contribution in [0.4, 0.5) is 11.4 Å². The third-order valence-electron chi connectivity index (χ3n) is 5.70. The Hall–Kier alpha value is -3.85. The van der Waals surface area contributed by atoms with E-state index in [0.717, 1.165) is 40.7 Å². The van der Waals surface area contributed by atoms with Gasteiger partial charge in [0.15, 0.2) is 0 Å². The first-order chi connectivity index (χ1) is 15.2. The molecular formula is C28H23NO2. The van der Waals surface area contributed by atoms with Crippen molar-refractivity contribution in [3.63, 3.8) is 0 Å². The number of hydrogen-bond donors (Lipinski definition) is 0. The molecule has 0 aliphatic rings. The van der Waals surface area contributed by atoms with Crippen LogP contribution in [-0.4, -0.2) is 6.54 Å². The highest BCUT2D eigenvalue weighted by atomic mass is 16.4. The van der Waals surface area contributed by atoms with E-state index < -0.39 is 0 Å². The highest BCUT2D eigenvalue weighted by Crippen LogP contribution is 2.35. The molecule has 0 aliphatic carbocycles. The van der Waals surface area contributed by atoms with Gasteiger partial charge in [-0.25, -0.2) is 4.79 Å². The first-order valence-electron chi connectivity index (χ1n) is 10.6. The van der Waals surface area contributed by atoms with Crippen LogP contribution in [0.15, 0.2) is 106 Å². The number of nitrogens with zero attached hydrogens (tertiary/aromatic N) is 1. The molecule has 0 N–H and O–H groups in total. The molecule has 3 heteroatoms. The van der Waals surface area contributed by atoms with E-state index in [1.165, 1.54) is 10.9 Å². The van der Waals surface area contributed by atoms with Crippen LogP contribution in [0.2, 0.25) is 0 Å². The van der Waals surface area contributed by atoms with E-state index in [-0.39, 0.29) is 5.63 Å². The predicted molar refractivity (Wildman–Crippen MR) is 128 cm³/mol. The summed E-state index contributed by atoms with van der Waals surface area (Å²) >= 11 is 0. The van der Waals surface area contributed by atoms with E-state index in [2.05, 4.69) is 66.4 Å². The molecule has 0 unspecified atom stereocenters. The molecule has 0 saturated carbocycles. The van der Waals surface area contributed by atoms with E-state index in [1.54, 1.807) is 6.07 Å². The highest BCUT2D eigenvalue weighted by molar-refractivity contribution is 6.00. The average molecular weight is 405 g/mol. The zero-order valence-corrected chi connectivity index (χ0v) is 17.4. The van der Waals surface area contributed by atoms with Gasteiger partial charge in [-0.3, -0.25) is 0 Å². The molecule has 0 bridgehead atoms. The van der Waals surface area contributed by atoms with E-state index in [9.17, 15) is 4.79 Å². The molecule has 0 spiro atoms. The van der Waals surface area contributed by atoms with Crippen LogP contribution in [0.5, 0.6) is 0 Å². The molecule has 0 amide bonds. The lowest BCUT2D eigenvalue weighted by Crippen LogP contribution is -2.18. The molecule has 0 fully saturated rings. The van der Waals surface area contributed by atoms with Crippen molar-refractivity contribution in [3.05, 3.63) is 119 Å². The van der Waals surface area contributed by atoms with Gasteiger partial charge >= 0.3 is 5.63 Å². The van der Waals surface area contributed by atoms with E-state index >= 15 is 0 Å². The number of rotatable bonds is 5. The van der Waals surface area contributed by atoms with Crippen molar-refractivity contribution in [3.8, 4) is 0 Å². The number of hydrogen-bond acceptors (Lipinski definition) is 3. The summed E-state index contributed by atoms with van der Waals surface area (Å²) in [4.78, 5) is 14.7. The van der Waals surface area contributed by atoms with Gasteiger partial charge in [0.05, 0.1) is 5.69 Å². The Morgan fingerprint density at radius 3 is 2.32 bits per heavy atom. The van der Waals surface area contributed by atoms with Crippen LogP contribution in [0.1, 0.15) is 18.1 Å². The van der Waals surface area contributed by atoms with Crippen molar-refractivity contribution in [2.24, 2.45) is 0 Å². The van der Waals surface area contributed by atoms with Gasteiger partial charge in [0, 0.05) is 29.1 Å². The zero-order chi connectivity index (χ0) is 21.2. The minimum Gasteiger partial charge on any atom is -0.423 e. The third-order valence-corrected chi connectivity index (χ3v) is 5.70. The molecule has 1 aromatic heterocycles. The van der Waals surface area contributed by atoms with Gasteiger partial charge in [-0.2, -0.15) is 0 Å². The maximum Gasteiger partial charge on any atom is 0.338 e. The van der Waals surface area contributed by atoms with E-state index in [1.807, 2.05) is 36.4 Å². The summed E-state index contributed by atoms with van der Waals surface area (Å²) in [6.45, 7) is 2.84. The fourth-order valence-electron chi connectivity index (χ4n) is 4.27. The third kappa shape index (κ3) is 3.71. The van der Waals surface area contributed by atoms with E-state index in [4.69, 9.17) is 4.42 Å². The van der Waals surface area contributed by atoms with Crippen molar-refractivity contribution >= 4 is 33.1 Å². The molecule has 31 heavy (non-hydrogen) atoms. The maximum absolute atomic E-state index is 12.5. The largest absolute Gasteiger partial charge is 0.423 e. The van der Waals surface area contributed by atoms with Gasteiger partial charge in [0.25, 0.3) is 0 Å². The van der Waals surface area contributed by atoms with Gasteiger partial charge < -0.3 is 9.32 Å². The summed E-state index contributed by atoms with van der Waals surface area (Å²) in [5.41, 5.74) is 4.59. The summed E-state index contributed by atoms with van der Waals surface area (Å²) in [5, 5.41) is 3.27. The molecule has 4 aromatic carbocycles. The molecule has 0 atom stereocenters. The summed E-state index contributed by atoms with van der Waals surface area (Å²) in [6.07, 6.45) is 0.797. The second kappa shape index (κ2) is 8.11. The second-order valence-electron chi connectivity index (χ2n) is 7.69. The average Bonchev–Trinajstić information content (AvgIpc) is 2.80. The van der Waals surface area contributed by atoms with Gasteiger partial charge in [0.2, 0.25) is 0 Å². The van der Waals surface area contributed by atoms with Crippen LogP contribution < -0.4 is 10.5 Å². The molecule has 5 rings (SSSR count). The standard InChI is InChI=1S/C28H23NO2/c1-2-29(25-14-8-12-22-11-6-7-13-23(22)25)26-19-28(30)31-27-18-21(15-16-24(26)27)17-20-9-4-3-5-10-20/h3-16,18-19H,2,17H2,1H3. The number of fused-ring (bicyclic) bond motifs is 2. The Kier molecular flexibility index (Phi) is 5.01. The normalized spacial score (nSPS) is 11.1. The smallest absolute Gasteiger partial charge is 0.338 e. The molecule has 1 heterocycles. The first kappa shape index (κ1) is 19.1. The Morgan fingerprint density at radius 2 is 1.48 bits per heavy atom. The molecule has 3 nitrogen and oxygen atoms in total. The van der Waals surface area contributed by atoms with Crippen molar-refractivity contribution in [1.29, 1.82) is 0 Å². The van der Waals surface area contributed by atoms with Crippen LogP contribution >= 0.6 is 0 Å². The first-order valence-corrected chi connectivity index (χ1v) is 10.6. The molecule has 0 radical (unpaired) electrons. The minimum atomic E-state index is -0.335. The van der Waals surface area contributed by atoms with Crippen LogP contribution in [-0.2, 0) is 6.42 Å². The fourth-order valence-corrected chi connectivity index (χ4v) is 4.27. The quantitative estimate of drug-likeness (QED) is 0.305. The molecule has 0 aliphatic heterocycles. The highest BCUT2D eigenvalue weighted by Gasteiger charge is 2.16. The van der Waals surface area contributed by atoms with Gasteiger partial charge in [-0.1, -0.05) is 72.8 Å². The predicted octanol–water partition coefficient (Wildman–Crippen LogP) is 6.70. The Bertz CT molecular complexity index is 1410. The number of benzene rings is 4. The minimum absolute atomic E-state index is 0.335. The molecule has 5 aromatic rings. The Morgan fingerprint density at radius 1 is 0.710 bits per heavy atom.